The number of nitrogens with two attached hydrogens (primary N) is 1. The third kappa shape index (κ3) is 5.11. The summed E-state index contributed by atoms with van der Waals surface area (Å²) in [6.07, 6.45) is 0.579. The van der Waals surface area contributed by atoms with E-state index in [4.69, 9.17) is 5.73 Å². The molecule has 0 bridgehead atoms. The Morgan fingerprint density at radius 1 is 1.08 bits per heavy atom. The number of benzene rings is 3. The number of H-pyrrole nitrogens is 1. The number of amides is 2. The van der Waals surface area contributed by atoms with Crippen molar-refractivity contribution in [1.82, 2.24) is 19.8 Å². The number of aromatic nitrogens is 2. The quantitative estimate of drug-likeness (QED) is 0.227. The molecule has 0 fully saturated rings. The summed E-state index contributed by atoms with van der Waals surface area (Å²) in [5.74, 6) is -1.08. The lowest BCUT2D eigenvalue weighted by atomic mass is 9.94. The standard InChI is InChI=1S/C31H33N5O3/c1-19(25-17-33-27-10-6-5-9-24(25)27)29(37)30(38)34-16-22-14-21(12-13-26(22)32)31(39)35(2)18-23-15-20-8-4-7-11-28(20)36(23)3/h4-15,17,19,29,33,37H,16,18,32H2,1-3H3,(H,34,38). The monoisotopic (exact) mass is 523 g/mol. The number of anilines is 1. The summed E-state index contributed by atoms with van der Waals surface area (Å²) in [4.78, 5) is 30.9. The summed E-state index contributed by atoms with van der Waals surface area (Å²) in [5, 5.41) is 15.7. The van der Waals surface area contributed by atoms with Gasteiger partial charge in [-0.15, -0.1) is 0 Å². The average Bonchev–Trinajstić information content (AvgIpc) is 3.52. The number of aromatic amines is 1. The number of nitrogen functional groups attached to an aromatic ring is 1. The molecule has 2 unspecified atom stereocenters. The highest BCUT2D eigenvalue weighted by molar-refractivity contribution is 5.95. The molecule has 3 aromatic carbocycles. The molecule has 0 radical (unpaired) electrons. The van der Waals surface area contributed by atoms with Gasteiger partial charge in [0.2, 0.25) is 5.91 Å². The fourth-order valence-corrected chi connectivity index (χ4v) is 5.08. The van der Waals surface area contributed by atoms with Crippen LogP contribution in [0.25, 0.3) is 21.8 Å². The lowest BCUT2D eigenvalue weighted by Gasteiger charge is -2.20. The topological polar surface area (TPSA) is 116 Å². The largest absolute Gasteiger partial charge is 0.398 e. The van der Waals surface area contributed by atoms with Gasteiger partial charge >= 0.3 is 0 Å². The lowest BCUT2D eigenvalue weighted by Crippen LogP contribution is -2.37. The summed E-state index contributed by atoms with van der Waals surface area (Å²) in [6, 6.07) is 23.0. The minimum atomic E-state index is -1.25. The van der Waals surface area contributed by atoms with E-state index in [1.165, 1.54) is 0 Å². The number of hydrogen-bond donors (Lipinski definition) is 4. The zero-order chi connectivity index (χ0) is 27.7. The summed E-state index contributed by atoms with van der Waals surface area (Å²) < 4.78 is 2.09. The van der Waals surface area contributed by atoms with Crippen molar-refractivity contribution in [2.45, 2.75) is 32.0 Å². The zero-order valence-corrected chi connectivity index (χ0v) is 22.3. The summed E-state index contributed by atoms with van der Waals surface area (Å²) >= 11 is 0. The fraction of sp³-hybridized carbons (Fsp3) is 0.226. The Kier molecular flexibility index (Phi) is 7.13. The van der Waals surface area contributed by atoms with E-state index in [0.717, 1.165) is 33.1 Å². The predicted molar refractivity (Wildman–Crippen MR) is 154 cm³/mol. The molecular formula is C31H33N5O3. The van der Waals surface area contributed by atoms with Crippen LogP contribution in [-0.2, 0) is 24.9 Å². The molecule has 0 spiro atoms. The van der Waals surface area contributed by atoms with Crippen molar-refractivity contribution in [3.63, 3.8) is 0 Å². The van der Waals surface area contributed by atoms with Gasteiger partial charge in [-0.2, -0.15) is 0 Å². The van der Waals surface area contributed by atoms with Gasteiger partial charge in [-0.25, -0.2) is 0 Å². The van der Waals surface area contributed by atoms with Gasteiger partial charge < -0.3 is 30.6 Å². The second kappa shape index (κ2) is 10.7. The smallest absolute Gasteiger partial charge is 0.253 e. The number of nitrogens with zero attached hydrogens (tertiary/aromatic N) is 2. The number of carbonyl (C=O) groups excluding carboxylic acids is 2. The van der Waals surface area contributed by atoms with Crippen molar-refractivity contribution in [1.29, 1.82) is 0 Å². The van der Waals surface area contributed by atoms with E-state index < -0.39 is 17.9 Å². The molecule has 39 heavy (non-hydrogen) atoms. The third-order valence-electron chi connectivity index (χ3n) is 7.49. The van der Waals surface area contributed by atoms with Crippen molar-refractivity contribution in [2.75, 3.05) is 12.8 Å². The molecule has 200 valence electrons. The number of para-hydroxylation sites is 2. The van der Waals surface area contributed by atoms with Crippen molar-refractivity contribution in [2.24, 2.45) is 7.05 Å². The van der Waals surface area contributed by atoms with Gasteiger partial charge in [0.15, 0.2) is 0 Å². The number of fused-ring (bicyclic) bond motifs is 2. The maximum absolute atomic E-state index is 13.3. The molecule has 0 aliphatic carbocycles. The first-order chi connectivity index (χ1) is 18.7. The van der Waals surface area contributed by atoms with Crippen LogP contribution in [0.15, 0.2) is 79.0 Å². The highest BCUT2D eigenvalue weighted by Crippen LogP contribution is 2.28. The number of carbonyl (C=O) groups is 2. The predicted octanol–water partition coefficient (Wildman–Crippen LogP) is 4.29. The molecule has 2 atom stereocenters. The molecule has 5 rings (SSSR count). The zero-order valence-electron chi connectivity index (χ0n) is 22.3. The van der Waals surface area contributed by atoms with Crippen LogP contribution in [-0.4, -0.2) is 44.5 Å². The average molecular weight is 524 g/mol. The van der Waals surface area contributed by atoms with Gasteiger partial charge in [-0.1, -0.05) is 43.3 Å². The molecule has 5 N–H and O–H groups in total. The molecule has 5 aromatic rings. The highest BCUT2D eigenvalue weighted by atomic mass is 16.3. The third-order valence-corrected chi connectivity index (χ3v) is 7.49. The molecule has 8 nitrogen and oxygen atoms in total. The van der Waals surface area contributed by atoms with Crippen molar-refractivity contribution >= 4 is 39.3 Å². The van der Waals surface area contributed by atoms with Gasteiger partial charge in [-0.05, 0) is 52.9 Å². The SMILES string of the molecule is CC(c1c[nH]c2ccccc12)C(O)C(=O)NCc1cc(C(=O)N(C)Cc2cc3ccccc3n2C)ccc1N. The lowest BCUT2D eigenvalue weighted by molar-refractivity contribution is -0.130. The number of aryl methyl sites for hydroxylation is 1. The van der Waals surface area contributed by atoms with Crippen LogP contribution in [0.2, 0.25) is 0 Å². The number of aliphatic hydroxyl groups is 1. The first kappa shape index (κ1) is 26.1. The van der Waals surface area contributed by atoms with E-state index >= 15 is 0 Å². The molecule has 0 aliphatic heterocycles. The van der Waals surface area contributed by atoms with E-state index in [1.54, 1.807) is 30.1 Å². The first-order valence-electron chi connectivity index (χ1n) is 12.9. The molecule has 0 saturated carbocycles. The second-order valence-corrected chi connectivity index (χ2v) is 10.1. The molecule has 2 heterocycles. The first-order valence-corrected chi connectivity index (χ1v) is 12.9. The van der Waals surface area contributed by atoms with E-state index in [1.807, 2.05) is 56.6 Å². The van der Waals surface area contributed by atoms with Gasteiger partial charge in [-0.3, -0.25) is 9.59 Å². The van der Waals surface area contributed by atoms with Gasteiger partial charge in [0.1, 0.15) is 6.10 Å². The number of aliphatic hydroxyl groups excluding tert-OH is 1. The number of rotatable bonds is 8. The maximum atomic E-state index is 13.3. The van der Waals surface area contributed by atoms with Gasteiger partial charge in [0.05, 0.1) is 6.54 Å². The Morgan fingerprint density at radius 2 is 1.82 bits per heavy atom. The van der Waals surface area contributed by atoms with Crippen LogP contribution in [0.1, 0.15) is 40.0 Å². The Bertz CT molecular complexity index is 1670. The Balaban J connectivity index is 1.25. The second-order valence-electron chi connectivity index (χ2n) is 10.1. The molecule has 2 amide bonds. The maximum Gasteiger partial charge on any atom is 0.253 e. The van der Waals surface area contributed by atoms with E-state index in [0.29, 0.717) is 23.4 Å². The highest BCUT2D eigenvalue weighted by Gasteiger charge is 2.26. The van der Waals surface area contributed by atoms with Crippen LogP contribution >= 0.6 is 0 Å². The number of hydrogen-bond acceptors (Lipinski definition) is 4. The van der Waals surface area contributed by atoms with E-state index in [2.05, 4.69) is 33.1 Å². The van der Waals surface area contributed by atoms with Crippen molar-refractivity contribution in [3.05, 3.63) is 101 Å². The van der Waals surface area contributed by atoms with E-state index in [9.17, 15) is 14.7 Å². The van der Waals surface area contributed by atoms with Crippen molar-refractivity contribution < 1.29 is 14.7 Å². The summed E-state index contributed by atoms with van der Waals surface area (Å²) in [5.41, 5.74) is 11.7. The van der Waals surface area contributed by atoms with E-state index in [-0.39, 0.29) is 12.5 Å². The molecule has 2 aromatic heterocycles. The molecule has 0 aliphatic rings. The summed E-state index contributed by atoms with van der Waals surface area (Å²) in [7, 11) is 3.76. The van der Waals surface area contributed by atoms with Crippen LogP contribution in [0, 0.1) is 0 Å². The molecule has 0 saturated heterocycles. The molecule has 8 heteroatoms. The van der Waals surface area contributed by atoms with Crippen LogP contribution in [0.5, 0.6) is 0 Å². The minimum absolute atomic E-state index is 0.0936. The normalized spacial score (nSPS) is 12.9. The van der Waals surface area contributed by atoms with Gasteiger partial charge in [0.25, 0.3) is 5.91 Å². The van der Waals surface area contributed by atoms with Crippen molar-refractivity contribution in [3.8, 4) is 0 Å². The Hall–Kier alpha value is -4.56. The van der Waals surface area contributed by atoms with Gasteiger partial charge in [0, 0.05) is 66.1 Å². The number of nitrogens with one attached hydrogen (secondary N) is 2. The van der Waals surface area contributed by atoms with Crippen LogP contribution in [0.4, 0.5) is 5.69 Å². The van der Waals surface area contributed by atoms with Crippen LogP contribution in [0.3, 0.4) is 0 Å². The summed E-state index contributed by atoms with van der Waals surface area (Å²) in [6.45, 7) is 2.35. The molecular weight excluding hydrogens is 490 g/mol. The Morgan fingerprint density at radius 3 is 2.62 bits per heavy atom. The fourth-order valence-electron chi connectivity index (χ4n) is 5.08. The minimum Gasteiger partial charge on any atom is -0.398 e. The van der Waals surface area contributed by atoms with Crippen LogP contribution < -0.4 is 11.1 Å². The Labute approximate surface area is 227 Å².